The number of amides is 3. The molecule has 3 aromatic carbocycles. The second kappa shape index (κ2) is 8.30. The topological polar surface area (TPSA) is 78.5 Å². The second-order valence-corrected chi connectivity index (χ2v) is 8.14. The van der Waals surface area contributed by atoms with Gasteiger partial charge in [-0.2, -0.15) is 0 Å². The summed E-state index contributed by atoms with van der Waals surface area (Å²) in [6, 6.07) is 20.1. The third-order valence-electron chi connectivity index (χ3n) is 6.01. The van der Waals surface area contributed by atoms with Crippen LogP contribution in [0.3, 0.4) is 0 Å². The third-order valence-corrected chi connectivity index (χ3v) is 6.01. The van der Waals surface area contributed by atoms with Crippen LogP contribution in [0.1, 0.15) is 44.7 Å². The Bertz CT molecular complexity index is 1230. The second-order valence-electron chi connectivity index (χ2n) is 8.14. The van der Waals surface area contributed by atoms with Gasteiger partial charge >= 0.3 is 6.03 Å². The highest BCUT2D eigenvalue weighted by molar-refractivity contribution is 6.22. The molecular weight excluding hydrogens is 402 g/mol. The van der Waals surface area contributed by atoms with E-state index < -0.39 is 0 Å². The summed E-state index contributed by atoms with van der Waals surface area (Å²) < 4.78 is 0. The lowest BCUT2D eigenvalue weighted by Gasteiger charge is -2.16. The zero-order valence-corrected chi connectivity index (χ0v) is 17.6. The Morgan fingerprint density at radius 2 is 1.56 bits per heavy atom. The van der Waals surface area contributed by atoms with Crippen LogP contribution in [0.2, 0.25) is 0 Å². The molecule has 6 heteroatoms. The van der Waals surface area contributed by atoms with Crippen molar-refractivity contribution < 1.29 is 14.4 Å². The fraction of sp³-hybridized carbons (Fsp3) is 0.192. The van der Waals surface area contributed by atoms with Crippen LogP contribution in [-0.2, 0) is 6.54 Å². The molecule has 1 fully saturated rings. The average Bonchev–Trinajstić information content (AvgIpc) is 3.46. The summed E-state index contributed by atoms with van der Waals surface area (Å²) in [5.74, 6) is -0.297. The number of likely N-dealkylation sites (tertiary alicyclic amines) is 1. The van der Waals surface area contributed by atoms with Crippen molar-refractivity contribution in [1.82, 2.24) is 10.2 Å². The molecule has 0 saturated carbocycles. The van der Waals surface area contributed by atoms with Crippen LogP contribution in [-0.4, -0.2) is 35.7 Å². The molecule has 32 heavy (non-hydrogen) atoms. The summed E-state index contributed by atoms with van der Waals surface area (Å²) in [6.45, 7) is 1.89. The molecule has 0 unspecified atom stereocenters. The maximum atomic E-state index is 12.7. The number of carbonyl (C=O) groups is 3. The van der Waals surface area contributed by atoms with Crippen LogP contribution >= 0.6 is 0 Å². The summed E-state index contributed by atoms with van der Waals surface area (Å²) in [4.78, 5) is 39.5. The maximum Gasteiger partial charge on any atom is 0.321 e. The molecule has 0 aromatic heterocycles. The van der Waals surface area contributed by atoms with Crippen LogP contribution in [0, 0.1) is 0 Å². The molecule has 3 amide bonds. The standard InChI is InChI=1S/C26H23N3O3/c30-24-22-9-2-1-8-20(22)21-11-10-18(15-23(21)24)25(31)27-16-17-6-5-7-19(14-17)28-26(32)29-12-3-4-13-29/h1-2,5-11,14-15H,3-4,12-13,16H2,(H,27,31)(H,28,32). The number of hydrogen-bond donors (Lipinski definition) is 2. The number of ketones is 1. The van der Waals surface area contributed by atoms with Gasteiger partial charge in [-0.1, -0.05) is 42.5 Å². The molecule has 0 bridgehead atoms. The number of rotatable bonds is 4. The molecule has 1 aliphatic carbocycles. The first kappa shape index (κ1) is 20.0. The molecule has 0 atom stereocenters. The van der Waals surface area contributed by atoms with Gasteiger partial charge in [0, 0.05) is 42.0 Å². The molecule has 1 aliphatic heterocycles. The summed E-state index contributed by atoms with van der Waals surface area (Å²) in [5, 5.41) is 5.83. The number of fused-ring (bicyclic) bond motifs is 3. The highest BCUT2D eigenvalue weighted by Crippen LogP contribution is 2.36. The van der Waals surface area contributed by atoms with Crippen LogP contribution < -0.4 is 10.6 Å². The van der Waals surface area contributed by atoms with Gasteiger partial charge in [-0.15, -0.1) is 0 Å². The van der Waals surface area contributed by atoms with Crippen molar-refractivity contribution in [3.8, 4) is 11.1 Å². The summed E-state index contributed by atoms with van der Waals surface area (Å²) in [7, 11) is 0. The van der Waals surface area contributed by atoms with E-state index in [1.54, 1.807) is 12.1 Å². The largest absolute Gasteiger partial charge is 0.348 e. The third kappa shape index (κ3) is 3.75. The minimum Gasteiger partial charge on any atom is -0.348 e. The highest BCUT2D eigenvalue weighted by Gasteiger charge is 2.27. The monoisotopic (exact) mass is 425 g/mol. The number of nitrogens with one attached hydrogen (secondary N) is 2. The molecule has 1 saturated heterocycles. The molecule has 0 radical (unpaired) electrons. The Labute approximate surface area is 186 Å². The van der Waals surface area contributed by atoms with E-state index in [4.69, 9.17) is 0 Å². The van der Waals surface area contributed by atoms with E-state index >= 15 is 0 Å². The van der Waals surface area contributed by atoms with Crippen molar-refractivity contribution in [3.05, 3.63) is 89.0 Å². The van der Waals surface area contributed by atoms with Gasteiger partial charge in [0.1, 0.15) is 0 Å². The van der Waals surface area contributed by atoms with E-state index in [0.29, 0.717) is 28.9 Å². The number of nitrogens with zero attached hydrogens (tertiary/aromatic N) is 1. The smallest absolute Gasteiger partial charge is 0.321 e. The van der Waals surface area contributed by atoms with Crippen LogP contribution in [0.4, 0.5) is 10.5 Å². The normalized spacial score (nSPS) is 14.1. The Kier molecular flexibility index (Phi) is 5.19. The van der Waals surface area contributed by atoms with Gasteiger partial charge in [0.25, 0.3) is 5.91 Å². The van der Waals surface area contributed by atoms with Crippen molar-refractivity contribution in [2.24, 2.45) is 0 Å². The van der Waals surface area contributed by atoms with Crippen molar-refractivity contribution in [3.63, 3.8) is 0 Å². The predicted molar refractivity (Wildman–Crippen MR) is 123 cm³/mol. The minimum absolute atomic E-state index is 0.0494. The molecule has 3 aromatic rings. The lowest BCUT2D eigenvalue weighted by atomic mass is 10.0. The first-order valence-corrected chi connectivity index (χ1v) is 10.8. The number of urea groups is 1. The molecule has 1 heterocycles. The summed E-state index contributed by atoms with van der Waals surface area (Å²) >= 11 is 0. The zero-order valence-electron chi connectivity index (χ0n) is 17.6. The number of anilines is 1. The minimum atomic E-state index is -0.247. The van der Waals surface area contributed by atoms with Crippen LogP contribution in [0.25, 0.3) is 11.1 Å². The lowest BCUT2D eigenvalue weighted by molar-refractivity contribution is 0.0951. The van der Waals surface area contributed by atoms with Crippen molar-refractivity contribution in [2.45, 2.75) is 19.4 Å². The van der Waals surface area contributed by atoms with Gasteiger partial charge in [-0.25, -0.2) is 4.79 Å². The Morgan fingerprint density at radius 3 is 2.38 bits per heavy atom. The number of carbonyl (C=O) groups excluding carboxylic acids is 3. The van der Waals surface area contributed by atoms with Gasteiger partial charge in [0.2, 0.25) is 0 Å². The highest BCUT2D eigenvalue weighted by atomic mass is 16.2. The molecular formula is C26H23N3O3. The van der Waals surface area contributed by atoms with Gasteiger partial charge in [-0.3, -0.25) is 9.59 Å². The first-order valence-electron chi connectivity index (χ1n) is 10.8. The Hall–Kier alpha value is -3.93. The quantitative estimate of drug-likeness (QED) is 0.507. The van der Waals surface area contributed by atoms with Gasteiger partial charge < -0.3 is 15.5 Å². The Morgan fingerprint density at radius 1 is 0.812 bits per heavy atom. The van der Waals surface area contributed by atoms with E-state index in [2.05, 4.69) is 10.6 Å². The summed E-state index contributed by atoms with van der Waals surface area (Å²) in [6.07, 6.45) is 2.08. The number of benzene rings is 3. The molecule has 6 nitrogen and oxygen atoms in total. The van der Waals surface area contributed by atoms with Gasteiger partial charge in [0.15, 0.2) is 5.78 Å². The molecule has 5 rings (SSSR count). The van der Waals surface area contributed by atoms with Crippen molar-refractivity contribution in [1.29, 1.82) is 0 Å². The zero-order chi connectivity index (χ0) is 22.1. The van der Waals surface area contributed by atoms with Crippen LogP contribution in [0.15, 0.2) is 66.7 Å². The Balaban J connectivity index is 1.25. The molecule has 160 valence electrons. The molecule has 0 spiro atoms. The summed E-state index contributed by atoms with van der Waals surface area (Å²) in [5.41, 5.74) is 5.04. The van der Waals surface area contributed by atoms with E-state index in [1.165, 1.54) is 0 Å². The van der Waals surface area contributed by atoms with Crippen molar-refractivity contribution in [2.75, 3.05) is 18.4 Å². The first-order chi connectivity index (χ1) is 15.6. The number of hydrogen-bond acceptors (Lipinski definition) is 3. The molecule has 2 aliphatic rings. The fourth-order valence-electron chi connectivity index (χ4n) is 4.34. The van der Waals surface area contributed by atoms with E-state index in [1.807, 2.05) is 59.5 Å². The maximum absolute atomic E-state index is 12.7. The average molecular weight is 425 g/mol. The van der Waals surface area contributed by atoms with E-state index in [0.717, 1.165) is 42.6 Å². The van der Waals surface area contributed by atoms with E-state index in [-0.39, 0.29) is 17.7 Å². The molecule has 2 N–H and O–H groups in total. The van der Waals surface area contributed by atoms with Crippen molar-refractivity contribution >= 4 is 23.4 Å². The van der Waals surface area contributed by atoms with Gasteiger partial charge in [-0.05, 0) is 53.8 Å². The van der Waals surface area contributed by atoms with Crippen LogP contribution in [0.5, 0.6) is 0 Å². The lowest BCUT2D eigenvalue weighted by Crippen LogP contribution is -2.32. The predicted octanol–water partition coefficient (Wildman–Crippen LogP) is 4.46. The SMILES string of the molecule is O=C(NCc1cccc(NC(=O)N2CCCC2)c1)c1ccc2c(c1)C(=O)c1ccccc1-2. The van der Waals surface area contributed by atoms with Gasteiger partial charge in [0.05, 0.1) is 0 Å². The van der Waals surface area contributed by atoms with E-state index in [9.17, 15) is 14.4 Å². The fourth-order valence-corrected chi connectivity index (χ4v) is 4.34.